The third-order valence-electron chi connectivity index (χ3n) is 4.17. The third-order valence-corrected chi connectivity index (χ3v) is 5.44. The van der Waals surface area contributed by atoms with Crippen LogP contribution in [0.1, 0.15) is 32.8 Å². The van der Waals surface area contributed by atoms with E-state index in [1.54, 1.807) is 0 Å². The van der Waals surface area contributed by atoms with Gasteiger partial charge >= 0.3 is 5.97 Å². The molecular weight excluding hydrogens is 352 g/mol. The summed E-state index contributed by atoms with van der Waals surface area (Å²) < 4.78 is 0. The highest BCUT2D eigenvalue weighted by Gasteiger charge is 2.30. The number of carboxylic acids is 1. The zero-order valence-corrected chi connectivity index (χ0v) is 16.3. The maximum absolute atomic E-state index is 12.7. The monoisotopic (exact) mass is 378 g/mol. The van der Waals surface area contributed by atoms with Crippen molar-refractivity contribution in [3.63, 3.8) is 0 Å². The molecule has 0 aliphatic rings. The van der Waals surface area contributed by atoms with E-state index in [0.717, 1.165) is 21.4 Å². The van der Waals surface area contributed by atoms with Gasteiger partial charge in [-0.05, 0) is 37.8 Å². The Morgan fingerprint density at radius 1 is 1.27 bits per heavy atom. The fourth-order valence-electron chi connectivity index (χ4n) is 2.85. The summed E-state index contributed by atoms with van der Waals surface area (Å²) in [4.78, 5) is 28.2. The van der Waals surface area contributed by atoms with Crippen LogP contribution in [0.4, 0.5) is 0 Å². The summed E-state index contributed by atoms with van der Waals surface area (Å²) in [6.07, 6.45) is 1.31. The summed E-state index contributed by atoms with van der Waals surface area (Å²) in [7, 11) is 0. The Labute approximate surface area is 157 Å². The number of thioether (sulfide) groups is 1. The second-order valence-corrected chi connectivity index (χ2v) is 8.20. The van der Waals surface area contributed by atoms with Crippen molar-refractivity contribution in [3.05, 3.63) is 30.0 Å². The van der Waals surface area contributed by atoms with Crippen molar-refractivity contribution >= 4 is 34.5 Å². The average Bonchev–Trinajstić information content (AvgIpc) is 2.95. The lowest BCUT2D eigenvalue weighted by Gasteiger charge is -2.22. The molecule has 0 saturated heterocycles. The van der Waals surface area contributed by atoms with Gasteiger partial charge in [0.1, 0.15) is 0 Å². The van der Waals surface area contributed by atoms with E-state index in [1.807, 2.05) is 45.2 Å². The molecule has 0 aliphatic heterocycles. The second-order valence-electron chi connectivity index (χ2n) is 6.95. The Hall–Kier alpha value is -1.99. The van der Waals surface area contributed by atoms with Gasteiger partial charge in [-0.1, -0.05) is 26.0 Å². The smallest absolute Gasteiger partial charge is 0.328 e. The number of H-pyrrole nitrogens is 1. The highest BCUT2D eigenvalue weighted by atomic mass is 32.2. The number of aliphatic carboxylic acids is 1. The van der Waals surface area contributed by atoms with Crippen molar-refractivity contribution in [1.82, 2.24) is 10.3 Å². The molecule has 7 heteroatoms. The minimum atomic E-state index is -1.32. The van der Waals surface area contributed by atoms with Crippen LogP contribution >= 0.6 is 11.8 Å². The van der Waals surface area contributed by atoms with E-state index in [9.17, 15) is 19.8 Å². The molecule has 0 fully saturated rings. The number of benzene rings is 1. The predicted octanol–water partition coefficient (Wildman–Crippen LogP) is 2.93. The van der Waals surface area contributed by atoms with Gasteiger partial charge in [0.25, 0.3) is 0 Å². The lowest BCUT2D eigenvalue weighted by atomic mass is 10.1. The first-order valence-electron chi connectivity index (χ1n) is 8.65. The van der Waals surface area contributed by atoms with Crippen LogP contribution in [0.15, 0.2) is 29.3 Å². The van der Waals surface area contributed by atoms with E-state index >= 15 is 0 Å². The number of carbonyl (C=O) groups excluding carboxylic acids is 1. The molecule has 3 atom stereocenters. The number of amides is 1. The molecular formula is C19H26N2O4S. The van der Waals surface area contributed by atoms with Crippen molar-refractivity contribution in [3.8, 4) is 0 Å². The van der Waals surface area contributed by atoms with Crippen LogP contribution in [0.5, 0.6) is 0 Å². The number of hydrogen-bond donors (Lipinski definition) is 4. The minimum Gasteiger partial charge on any atom is -0.480 e. The molecule has 1 aromatic carbocycles. The summed E-state index contributed by atoms with van der Waals surface area (Å²) in [5.74, 6) is -1.36. The first-order valence-corrected chi connectivity index (χ1v) is 9.53. The molecule has 1 aromatic heterocycles. The van der Waals surface area contributed by atoms with Crippen LogP contribution in [0.2, 0.25) is 0 Å². The van der Waals surface area contributed by atoms with Crippen LogP contribution < -0.4 is 5.32 Å². The SMILES string of the molecule is Cc1cccc2[nH]cc(S[C@H](CC(C)C)C(=O)NC(C(=O)O)C(C)O)c12. The number of aromatic amines is 1. The Bertz CT molecular complexity index is 785. The molecule has 4 N–H and O–H groups in total. The first kappa shape index (κ1) is 20.3. The molecule has 0 spiro atoms. The lowest BCUT2D eigenvalue weighted by Crippen LogP contribution is -2.50. The van der Waals surface area contributed by atoms with Gasteiger partial charge in [0.05, 0.1) is 11.4 Å². The Kier molecular flexibility index (Phi) is 6.72. The number of aliphatic hydroxyl groups is 1. The molecule has 2 rings (SSSR count). The van der Waals surface area contributed by atoms with Crippen molar-refractivity contribution in [2.75, 3.05) is 0 Å². The zero-order valence-electron chi connectivity index (χ0n) is 15.4. The highest BCUT2D eigenvalue weighted by Crippen LogP contribution is 2.35. The Balaban J connectivity index is 2.26. The molecule has 0 aliphatic carbocycles. The summed E-state index contributed by atoms with van der Waals surface area (Å²) >= 11 is 1.42. The lowest BCUT2D eigenvalue weighted by molar-refractivity contribution is -0.144. The van der Waals surface area contributed by atoms with Crippen molar-refractivity contribution in [2.45, 2.75) is 56.4 Å². The van der Waals surface area contributed by atoms with Gasteiger partial charge in [-0.3, -0.25) is 4.79 Å². The molecule has 1 amide bonds. The van der Waals surface area contributed by atoms with Crippen LogP contribution in [0.3, 0.4) is 0 Å². The molecule has 6 nitrogen and oxygen atoms in total. The molecule has 26 heavy (non-hydrogen) atoms. The number of carbonyl (C=O) groups is 2. The van der Waals surface area contributed by atoms with Gasteiger partial charge in [0, 0.05) is 22.0 Å². The van der Waals surface area contributed by atoms with E-state index in [1.165, 1.54) is 18.7 Å². The topological polar surface area (TPSA) is 102 Å². The Morgan fingerprint density at radius 2 is 1.96 bits per heavy atom. The Morgan fingerprint density at radius 3 is 2.54 bits per heavy atom. The summed E-state index contributed by atoms with van der Waals surface area (Å²) in [5, 5.41) is 21.9. The van der Waals surface area contributed by atoms with Crippen molar-refractivity contribution < 1.29 is 19.8 Å². The standard InChI is InChI=1S/C19H26N2O4S/c1-10(2)8-14(18(23)21-17(12(4)22)19(24)25)26-15-9-20-13-7-5-6-11(3)16(13)15/h5-7,9-10,12,14,17,20,22H,8H2,1-4H3,(H,21,23)(H,24,25)/t12?,14-,17?/m1/s1. The summed E-state index contributed by atoms with van der Waals surface area (Å²) in [6.45, 7) is 7.41. The quantitative estimate of drug-likeness (QED) is 0.529. The van der Waals surface area contributed by atoms with Gasteiger partial charge in [-0.2, -0.15) is 0 Å². The van der Waals surface area contributed by atoms with Crippen molar-refractivity contribution in [2.24, 2.45) is 5.92 Å². The van der Waals surface area contributed by atoms with E-state index in [4.69, 9.17) is 0 Å². The number of hydrogen-bond acceptors (Lipinski definition) is 4. The second kappa shape index (κ2) is 8.60. The summed E-state index contributed by atoms with van der Waals surface area (Å²) in [6, 6.07) is 4.66. The molecule has 2 aromatic rings. The predicted molar refractivity (Wildman–Crippen MR) is 103 cm³/mol. The number of rotatable bonds is 8. The molecule has 0 saturated carbocycles. The maximum Gasteiger partial charge on any atom is 0.328 e. The molecule has 0 bridgehead atoms. The van der Waals surface area contributed by atoms with Crippen LogP contribution in [-0.4, -0.2) is 44.5 Å². The zero-order chi connectivity index (χ0) is 19.4. The summed E-state index contributed by atoms with van der Waals surface area (Å²) in [5.41, 5.74) is 2.12. The number of aromatic nitrogens is 1. The van der Waals surface area contributed by atoms with Gasteiger partial charge in [0.15, 0.2) is 6.04 Å². The van der Waals surface area contributed by atoms with Crippen LogP contribution in [0, 0.1) is 12.8 Å². The van der Waals surface area contributed by atoms with Gasteiger partial charge < -0.3 is 20.5 Å². The third kappa shape index (κ3) is 4.80. The average molecular weight is 378 g/mol. The number of fused-ring (bicyclic) bond motifs is 1. The fraction of sp³-hybridized carbons (Fsp3) is 0.474. The van der Waals surface area contributed by atoms with Gasteiger partial charge in [-0.25, -0.2) is 4.79 Å². The number of nitrogens with one attached hydrogen (secondary N) is 2. The van der Waals surface area contributed by atoms with E-state index < -0.39 is 23.4 Å². The van der Waals surface area contributed by atoms with E-state index in [0.29, 0.717) is 6.42 Å². The maximum atomic E-state index is 12.7. The molecule has 2 unspecified atom stereocenters. The van der Waals surface area contributed by atoms with Gasteiger partial charge in [-0.15, -0.1) is 11.8 Å². The van der Waals surface area contributed by atoms with Gasteiger partial charge in [0.2, 0.25) is 5.91 Å². The largest absolute Gasteiger partial charge is 0.480 e. The van der Waals surface area contributed by atoms with E-state index in [-0.39, 0.29) is 11.8 Å². The minimum absolute atomic E-state index is 0.263. The van der Waals surface area contributed by atoms with E-state index in [2.05, 4.69) is 10.3 Å². The molecule has 0 radical (unpaired) electrons. The van der Waals surface area contributed by atoms with Crippen LogP contribution in [-0.2, 0) is 9.59 Å². The molecule has 1 heterocycles. The fourth-order valence-corrected chi connectivity index (χ4v) is 4.33. The highest BCUT2D eigenvalue weighted by molar-refractivity contribution is 8.00. The normalized spacial score (nSPS) is 15.0. The number of aliphatic hydroxyl groups excluding tert-OH is 1. The number of carboxylic acid groups (broad SMARTS) is 1. The number of aryl methyl sites for hydroxylation is 1. The first-order chi connectivity index (χ1) is 12.2. The van der Waals surface area contributed by atoms with Crippen molar-refractivity contribution in [1.29, 1.82) is 0 Å². The molecule has 142 valence electrons. The van der Waals surface area contributed by atoms with Crippen LogP contribution in [0.25, 0.3) is 10.9 Å².